The Morgan fingerprint density at radius 1 is 1.32 bits per heavy atom. The highest BCUT2D eigenvalue weighted by Gasteiger charge is 2.35. The van der Waals surface area contributed by atoms with Gasteiger partial charge in [-0.3, -0.25) is 9.48 Å². The van der Waals surface area contributed by atoms with Crippen LogP contribution in [-0.4, -0.2) is 51.5 Å². The quantitative estimate of drug-likeness (QED) is 0.728. The molecule has 9 nitrogen and oxygen atoms in total. The van der Waals surface area contributed by atoms with Crippen LogP contribution in [-0.2, 0) is 22.6 Å². The van der Waals surface area contributed by atoms with E-state index in [1.165, 1.54) is 6.42 Å². The zero-order valence-corrected chi connectivity index (χ0v) is 18.2. The fourth-order valence-electron chi connectivity index (χ4n) is 4.23. The minimum absolute atomic E-state index is 0. The molecule has 9 heteroatoms. The molecule has 0 radical (unpaired) electrons. The fraction of sp³-hybridized carbons (Fsp3) is 0.636. The van der Waals surface area contributed by atoms with E-state index in [0.717, 1.165) is 43.1 Å². The van der Waals surface area contributed by atoms with Crippen molar-refractivity contribution in [1.82, 2.24) is 19.7 Å². The highest BCUT2D eigenvalue weighted by Crippen LogP contribution is 2.34. The molecule has 1 saturated heterocycles. The Morgan fingerprint density at radius 3 is 2.84 bits per heavy atom. The number of likely N-dealkylation sites (N-methyl/N-ethyl adjacent to an activating group) is 1. The SMILES string of the molecule is C.Cc1nc(NCc2cnn(CC3CCCCO3)c2)nc2c1NC(=O)[C@H](C(C)C)N2C. The van der Waals surface area contributed by atoms with Crippen LogP contribution >= 0.6 is 0 Å². The average Bonchev–Trinajstić information content (AvgIpc) is 3.15. The summed E-state index contributed by atoms with van der Waals surface area (Å²) in [6.07, 6.45) is 7.63. The molecular weight excluding hydrogens is 394 g/mol. The van der Waals surface area contributed by atoms with Gasteiger partial charge >= 0.3 is 0 Å². The molecule has 170 valence electrons. The third kappa shape index (κ3) is 4.98. The monoisotopic (exact) mass is 429 g/mol. The summed E-state index contributed by atoms with van der Waals surface area (Å²) in [5, 5.41) is 10.7. The van der Waals surface area contributed by atoms with Crippen molar-refractivity contribution < 1.29 is 9.53 Å². The van der Waals surface area contributed by atoms with Gasteiger partial charge in [0.15, 0.2) is 5.82 Å². The second kappa shape index (κ2) is 9.64. The molecule has 2 aliphatic rings. The number of amides is 1. The van der Waals surface area contributed by atoms with Gasteiger partial charge in [0.25, 0.3) is 0 Å². The minimum atomic E-state index is -0.250. The number of anilines is 3. The minimum Gasteiger partial charge on any atom is -0.376 e. The first-order valence-electron chi connectivity index (χ1n) is 10.7. The Morgan fingerprint density at radius 2 is 2.13 bits per heavy atom. The Kier molecular flexibility index (Phi) is 7.15. The van der Waals surface area contributed by atoms with Crippen molar-refractivity contribution in [2.75, 3.05) is 29.2 Å². The standard InChI is InChI=1S/C21H31N7O2.CH4/c1-13(2)18-20(29)25-17-14(3)24-21(26-19(17)27(18)4)22-9-15-10-23-28(11-15)12-16-7-5-6-8-30-16;/h10-11,13,16,18H,5-9,12H2,1-4H3,(H,25,29)(H,22,24,26);1H4/t16?,18-;/m0./s1. The number of hydrogen-bond acceptors (Lipinski definition) is 7. The first-order chi connectivity index (χ1) is 14.4. The van der Waals surface area contributed by atoms with E-state index in [4.69, 9.17) is 4.74 Å². The zero-order chi connectivity index (χ0) is 21.3. The van der Waals surface area contributed by atoms with Crippen LogP contribution in [0.3, 0.4) is 0 Å². The summed E-state index contributed by atoms with van der Waals surface area (Å²) in [5.74, 6) is 1.45. The van der Waals surface area contributed by atoms with E-state index in [2.05, 4.69) is 25.7 Å². The number of aromatic nitrogens is 4. The van der Waals surface area contributed by atoms with Gasteiger partial charge in [-0.25, -0.2) is 4.98 Å². The number of fused-ring (bicyclic) bond motifs is 1. The molecule has 2 aromatic rings. The summed E-state index contributed by atoms with van der Waals surface area (Å²) in [4.78, 5) is 23.6. The lowest BCUT2D eigenvalue weighted by Crippen LogP contribution is -2.49. The molecule has 4 rings (SSSR count). The summed E-state index contributed by atoms with van der Waals surface area (Å²) in [6.45, 7) is 8.17. The molecule has 1 fully saturated rings. The topological polar surface area (TPSA) is 97.2 Å². The van der Waals surface area contributed by atoms with Crippen LogP contribution in [0.15, 0.2) is 12.4 Å². The van der Waals surface area contributed by atoms with E-state index in [1.54, 1.807) is 0 Å². The molecule has 2 aliphatic heterocycles. The molecule has 31 heavy (non-hydrogen) atoms. The van der Waals surface area contributed by atoms with Gasteiger partial charge in [-0.2, -0.15) is 10.1 Å². The number of carbonyl (C=O) groups excluding carboxylic acids is 1. The van der Waals surface area contributed by atoms with Crippen LogP contribution in [0.1, 0.15) is 51.8 Å². The molecule has 0 spiro atoms. The number of nitrogens with zero attached hydrogens (tertiary/aromatic N) is 5. The van der Waals surface area contributed by atoms with Crippen molar-refractivity contribution in [1.29, 1.82) is 0 Å². The van der Waals surface area contributed by atoms with Crippen molar-refractivity contribution in [3.05, 3.63) is 23.7 Å². The van der Waals surface area contributed by atoms with E-state index < -0.39 is 0 Å². The van der Waals surface area contributed by atoms with Gasteiger partial charge in [0.1, 0.15) is 11.7 Å². The van der Waals surface area contributed by atoms with Gasteiger partial charge in [-0.15, -0.1) is 0 Å². The second-order valence-corrected chi connectivity index (χ2v) is 8.53. The van der Waals surface area contributed by atoms with E-state index in [9.17, 15) is 4.79 Å². The fourth-order valence-corrected chi connectivity index (χ4v) is 4.23. The molecule has 1 unspecified atom stereocenters. The van der Waals surface area contributed by atoms with Gasteiger partial charge < -0.3 is 20.3 Å². The zero-order valence-electron chi connectivity index (χ0n) is 18.2. The Hall–Kier alpha value is -2.68. The molecule has 0 aromatic carbocycles. The number of hydrogen-bond donors (Lipinski definition) is 2. The maximum Gasteiger partial charge on any atom is 0.247 e. The molecule has 4 heterocycles. The van der Waals surface area contributed by atoms with Gasteiger partial charge in [-0.05, 0) is 32.1 Å². The molecule has 2 N–H and O–H groups in total. The number of carbonyl (C=O) groups is 1. The second-order valence-electron chi connectivity index (χ2n) is 8.53. The molecule has 2 atom stereocenters. The third-order valence-corrected chi connectivity index (χ3v) is 5.77. The van der Waals surface area contributed by atoms with E-state index in [0.29, 0.717) is 18.2 Å². The van der Waals surface area contributed by atoms with E-state index >= 15 is 0 Å². The van der Waals surface area contributed by atoms with Crippen LogP contribution < -0.4 is 15.5 Å². The lowest BCUT2D eigenvalue weighted by molar-refractivity contribution is -0.118. The van der Waals surface area contributed by atoms with Crippen LogP contribution in [0.5, 0.6) is 0 Å². The molecule has 0 bridgehead atoms. The van der Waals surface area contributed by atoms with Crippen molar-refractivity contribution in [3.8, 4) is 0 Å². The van der Waals surface area contributed by atoms with E-state index in [1.807, 2.05) is 49.8 Å². The van der Waals surface area contributed by atoms with Gasteiger partial charge in [0.05, 0.1) is 24.5 Å². The Labute approximate surface area is 184 Å². The van der Waals surface area contributed by atoms with Gasteiger partial charge in [0, 0.05) is 32.0 Å². The van der Waals surface area contributed by atoms with Crippen LogP contribution in [0.2, 0.25) is 0 Å². The summed E-state index contributed by atoms with van der Waals surface area (Å²) < 4.78 is 7.75. The summed E-state index contributed by atoms with van der Waals surface area (Å²) in [5.41, 5.74) is 2.49. The number of rotatable bonds is 6. The van der Waals surface area contributed by atoms with Crippen LogP contribution in [0, 0.1) is 12.8 Å². The lowest BCUT2D eigenvalue weighted by atomic mass is 9.99. The lowest BCUT2D eigenvalue weighted by Gasteiger charge is -2.36. The van der Waals surface area contributed by atoms with Gasteiger partial charge in [-0.1, -0.05) is 21.3 Å². The normalized spacial score (nSPS) is 20.8. The van der Waals surface area contributed by atoms with Crippen molar-refractivity contribution in [2.24, 2.45) is 5.92 Å². The molecule has 0 saturated carbocycles. The number of ether oxygens (including phenoxy) is 1. The van der Waals surface area contributed by atoms with Crippen molar-refractivity contribution in [3.63, 3.8) is 0 Å². The van der Waals surface area contributed by atoms with Crippen molar-refractivity contribution in [2.45, 2.75) is 72.7 Å². The van der Waals surface area contributed by atoms with Crippen LogP contribution in [0.4, 0.5) is 17.5 Å². The average molecular weight is 430 g/mol. The predicted molar refractivity (Wildman–Crippen MR) is 122 cm³/mol. The van der Waals surface area contributed by atoms with Gasteiger partial charge in [0.2, 0.25) is 11.9 Å². The molecule has 1 amide bonds. The third-order valence-electron chi connectivity index (χ3n) is 5.77. The summed E-state index contributed by atoms with van der Waals surface area (Å²) in [7, 11) is 1.91. The number of nitrogens with one attached hydrogen (secondary N) is 2. The maximum absolute atomic E-state index is 12.5. The first-order valence-corrected chi connectivity index (χ1v) is 10.7. The molecule has 0 aliphatic carbocycles. The summed E-state index contributed by atoms with van der Waals surface area (Å²) in [6, 6.07) is -0.250. The maximum atomic E-state index is 12.5. The first kappa shape index (κ1) is 23.0. The summed E-state index contributed by atoms with van der Waals surface area (Å²) >= 11 is 0. The smallest absolute Gasteiger partial charge is 0.247 e. The highest BCUT2D eigenvalue weighted by atomic mass is 16.5. The van der Waals surface area contributed by atoms with Crippen molar-refractivity contribution >= 4 is 23.4 Å². The number of aryl methyl sites for hydroxylation is 1. The van der Waals surface area contributed by atoms with E-state index in [-0.39, 0.29) is 31.4 Å². The highest BCUT2D eigenvalue weighted by molar-refractivity contribution is 6.03. The molecule has 2 aromatic heterocycles. The Balaban J connectivity index is 0.00000272. The largest absolute Gasteiger partial charge is 0.376 e. The van der Waals surface area contributed by atoms with Crippen LogP contribution in [0.25, 0.3) is 0 Å². The predicted octanol–water partition coefficient (Wildman–Crippen LogP) is 3.21. The Bertz CT molecular complexity index is 905. The molecular formula is C22H35N7O2.